The third-order valence-electron chi connectivity index (χ3n) is 5.33. The number of hydrogen-bond acceptors (Lipinski definition) is 2. The zero-order chi connectivity index (χ0) is 14.5. The minimum Gasteiger partial charge on any atom is -0.378 e. The molecule has 0 bridgehead atoms. The lowest BCUT2D eigenvalue weighted by atomic mass is 9.80. The zero-order valence-electron chi connectivity index (χ0n) is 14.1. The van der Waals surface area contributed by atoms with Gasteiger partial charge in [-0.2, -0.15) is 0 Å². The molecular formula is C18H35NO. The van der Waals surface area contributed by atoms with E-state index in [0.29, 0.717) is 6.10 Å². The van der Waals surface area contributed by atoms with E-state index in [9.17, 15) is 0 Å². The molecular weight excluding hydrogens is 246 g/mol. The average molecular weight is 281 g/mol. The summed E-state index contributed by atoms with van der Waals surface area (Å²) in [6.45, 7) is 14.3. The van der Waals surface area contributed by atoms with Crippen LogP contribution in [-0.2, 0) is 4.74 Å². The first-order valence-electron chi connectivity index (χ1n) is 8.88. The second-order valence-electron chi connectivity index (χ2n) is 7.89. The third kappa shape index (κ3) is 5.04. The van der Waals surface area contributed by atoms with Crippen LogP contribution in [0.25, 0.3) is 0 Å². The molecule has 0 atom stereocenters. The van der Waals surface area contributed by atoms with Gasteiger partial charge in [-0.05, 0) is 68.9 Å². The van der Waals surface area contributed by atoms with Crippen LogP contribution >= 0.6 is 0 Å². The normalized spacial score (nSPS) is 29.1. The lowest BCUT2D eigenvalue weighted by molar-refractivity contribution is -0.0444. The van der Waals surface area contributed by atoms with Gasteiger partial charge in [-0.25, -0.2) is 0 Å². The van der Waals surface area contributed by atoms with Crippen molar-refractivity contribution in [1.82, 2.24) is 4.90 Å². The summed E-state index contributed by atoms with van der Waals surface area (Å²) in [5, 5.41) is 0. The molecule has 0 unspecified atom stereocenters. The maximum absolute atomic E-state index is 5.94. The van der Waals surface area contributed by atoms with E-state index in [1.54, 1.807) is 0 Å². The Morgan fingerprint density at radius 2 is 1.70 bits per heavy atom. The Bertz CT molecular complexity index is 263. The Morgan fingerprint density at radius 1 is 1.05 bits per heavy atom. The summed E-state index contributed by atoms with van der Waals surface area (Å²) in [4.78, 5) is 2.70. The minimum atomic E-state index is 0.576. The molecule has 2 aliphatic rings. The molecule has 1 saturated heterocycles. The molecule has 0 amide bonds. The van der Waals surface area contributed by atoms with E-state index in [0.717, 1.165) is 30.3 Å². The van der Waals surface area contributed by atoms with Gasteiger partial charge in [0.2, 0.25) is 0 Å². The molecule has 1 saturated carbocycles. The Hall–Kier alpha value is -0.0800. The van der Waals surface area contributed by atoms with Gasteiger partial charge in [0.15, 0.2) is 0 Å². The summed E-state index contributed by atoms with van der Waals surface area (Å²) in [6, 6.07) is 0. The Labute approximate surface area is 126 Å². The molecule has 2 rings (SSSR count). The lowest BCUT2D eigenvalue weighted by Crippen LogP contribution is -2.43. The van der Waals surface area contributed by atoms with Crippen LogP contribution in [0.2, 0.25) is 0 Å². The molecule has 20 heavy (non-hydrogen) atoms. The molecule has 118 valence electrons. The van der Waals surface area contributed by atoms with Crippen molar-refractivity contribution >= 4 is 0 Å². The van der Waals surface area contributed by atoms with Gasteiger partial charge in [0, 0.05) is 13.2 Å². The van der Waals surface area contributed by atoms with Gasteiger partial charge in [0.25, 0.3) is 0 Å². The highest BCUT2D eigenvalue weighted by Crippen LogP contribution is 2.32. The van der Waals surface area contributed by atoms with Crippen LogP contribution in [0, 0.1) is 23.7 Å². The fraction of sp³-hybridized carbons (Fsp3) is 1.00. The van der Waals surface area contributed by atoms with Crippen molar-refractivity contribution in [2.24, 2.45) is 23.7 Å². The molecule has 1 aliphatic carbocycles. The molecule has 1 heterocycles. The number of ether oxygens (including phenoxy) is 1. The van der Waals surface area contributed by atoms with E-state index in [2.05, 4.69) is 32.6 Å². The summed E-state index contributed by atoms with van der Waals surface area (Å²) >= 11 is 0. The van der Waals surface area contributed by atoms with Gasteiger partial charge in [0.1, 0.15) is 0 Å². The van der Waals surface area contributed by atoms with E-state index >= 15 is 0 Å². The topological polar surface area (TPSA) is 12.5 Å². The molecule has 0 aromatic rings. The number of hydrogen-bond donors (Lipinski definition) is 0. The number of nitrogens with zero attached hydrogens (tertiary/aromatic N) is 1. The van der Waals surface area contributed by atoms with Gasteiger partial charge in [0.05, 0.1) is 6.10 Å². The van der Waals surface area contributed by atoms with Crippen LogP contribution in [0.15, 0.2) is 0 Å². The van der Waals surface area contributed by atoms with Crippen LogP contribution in [-0.4, -0.2) is 37.2 Å². The van der Waals surface area contributed by atoms with E-state index in [-0.39, 0.29) is 0 Å². The fourth-order valence-corrected chi connectivity index (χ4v) is 3.60. The first kappa shape index (κ1) is 16.3. The first-order valence-corrected chi connectivity index (χ1v) is 8.88. The maximum atomic E-state index is 5.94. The largest absolute Gasteiger partial charge is 0.378 e. The summed E-state index contributed by atoms with van der Waals surface area (Å²) in [7, 11) is 0. The predicted octanol–water partition coefficient (Wildman–Crippen LogP) is 4.20. The Morgan fingerprint density at radius 3 is 2.25 bits per heavy atom. The molecule has 0 aromatic heterocycles. The molecule has 2 heteroatoms. The molecule has 2 nitrogen and oxygen atoms in total. The highest BCUT2D eigenvalue weighted by molar-refractivity contribution is 4.84. The van der Waals surface area contributed by atoms with Gasteiger partial charge in [-0.1, -0.05) is 27.7 Å². The fourth-order valence-electron chi connectivity index (χ4n) is 3.60. The summed E-state index contributed by atoms with van der Waals surface area (Å²) in [5.41, 5.74) is 0. The van der Waals surface area contributed by atoms with E-state index in [4.69, 9.17) is 4.74 Å². The van der Waals surface area contributed by atoms with Gasteiger partial charge < -0.3 is 9.64 Å². The monoisotopic (exact) mass is 281 g/mol. The second kappa shape index (κ2) is 7.79. The predicted molar refractivity (Wildman–Crippen MR) is 85.9 cm³/mol. The smallest absolute Gasteiger partial charge is 0.0581 e. The summed E-state index contributed by atoms with van der Waals surface area (Å²) < 4.78 is 5.94. The van der Waals surface area contributed by atoms with Crippen LogP contribution < -0.4 is 0 Å². The van der Waals surface area contributed by atoms with Gasteiger partial charge in [-0.3, -0.25) is 0 Å². The highest BCUT2D eigenvalue weighted by atomic mass is 16.5. The van der Waals surface area contributed by atoms with Crippen molar-refractivity contribution in [3.63, 3.8) is 0 Å². The van der Waals surface area contributed by atoms with Crippen LogP contribution in [0.4, 0.5) is 0 Å². The molecule has 0 radical (unpaired) electrons. The van der Waals surface area contributed by atoms with Gasteiger partial charge in [-0.15, -0.1) is 0 Å². The van der Waals surface area contributed by atoms with Crippen molar-refractivity contribution in [3.8, 4) is 0 Å². The molecule has 0 N–H and O–H groups in total. The standard InChI is InChI=1S/C18H35NO/c1-14(2)7-10-20-18-11-16(12-18)13-19-8-5-17(6-9-19)15(3)4/h14-18H,5-13H2,1-4H3. The van der Waals surface area contributed by atoms with E-state index < -0.39 is 0 Å². The summed E-state index contributed by atoms with van der Waals surface area (Å²) in [5.74, 6) is 3.53. The Kier molecular flexibility index (Phi) is 6.35. The summed E-state index contributed by atoms with van der Waals surface area (Å²) in [6.07, 6.45) is 7.23. The number of rotatable bonds is 7. The Balaban J connectivity index is 1.52. The maximum Gasteiger partial charge on any atom is 0.0581 e. The van der Waals surface area contributed by atoms with Crippen molar-refractivity contribution in [2.45, 2.75) is 65.9 Å². The van der Waals surface area contributed by atoms with Crippen molar-refractivity contribution in [3.05, 3.63) is 0 Å². The van der Waals surface area contributed by atoms with Crippen molar-refractivity contribution in [1.29, 1.82) is 0 Å². The average Bonchev–Trinajstić information content (AvgIpc) is 2.35. The lowest BCUT2D eigenvalue weighted by Gasteiger charge is -2.41. The van der Waals surface area contributed by atoms with Crippen LogP contribution in [0.5, 0.6) is 0 Å². The zero-order valence-corrected chi connectivity index (χ0v) is 14.1. The molecule has 0 aromatic carbocycles. The quantitative estimate of drug-likeness (QED) is 0.693. The van der Waals surface area contributed by atoms with Gasteiger partial charge >= 0.3 is 0 Å². The molecule has 2 fully saturated rings. The SMILES string of the molecule is CC(C)CCOC1CC(CN2CCC(C(C)C)CC2)C1. The van der Waals surface area contributed by atoms with Crippen LogP contribution in [0.3, 0.4) is 0 Å². The number of piperidine rings is 1. The van der Waals surface area contributed by atoms with E-state index in [1.807, 2.05) is 0 Å². The number of likely N-dealkylation sites (tertiary alicyclic amines) is 1. The first-order chi connectivity index (χ1) is 9.54. The third-order valence-corrected chi connectivity index (χ3v) is 5.33. The van der Waals surface area contributed by atoms with Crippen LogP contribution in [0.1, 0.15) is 59.8 Å². The van der Waals surface area contributed by atoms with E-state index in [1.165, 1.54) is 51.7 Å². The van der Waals surface area contributed by atoms with Crippen molar-refractivity contribution in [2.75, 3.05) is 26.2 Å². The second-order valence-corrected chi connectivity index (χ2v) is 7.89. The molecule has 0 spiro atoms. The minimum absolute atomic E-state index is 0.576. The highest BCUT2D eigenvalue weighted by Gasteiger charge is 2.32. The molecule has 1 aliphatic heterocycles. The van der Waals surface area contributed by atoms with Crippen molar-refractivity contribution < 1.29 is 4.74 Å².